The second-order valence-corrected chi connectivity index (χ2v) is 6.85. The van der Waals surface area contributed by atoms with Gasteiger partial charge >= 0.3 is 0 Å². The van der Waals surface area contributed by atoms with Gasteiger partial charge in [-0.05, 0) is 38.4 Å². The van der Waals surface area contributed by atoms with Crippen LogP contribution in [0.5, 0.6) is 5.88 Å². The van der Waals surface area contributed by atoms with Crippen molar-refractivity contribution in [1.29, 1.82) is 0 Å². The Morgan fingerprint density at radius 1 is 1.35 bits per heavy atom. The number of ether oxygens (including phenoxy) is 2. The first-order valence-corrected chi connectivity index (χ1v) is 8.36. The minimum absolute atomic E-state index is 0.0269. The van der Waals surface area contributed by atoms with Gasteiger partial charge in [-0.2, -0.15) is 0 Å². The fraction of sp³-hybridized carbons (Fsp3) is 0.647. The first kappa shape index (κ1) is 14.9. The molecule has 1 spiro atoms. The summed E-state index contributed by atoms with van der Waals surface area (Å²) in [5.74, 6) is 0.549. The number of aromatic nitrogens is 1. The minimum Gasteiger partial charge on any atom is -0.481 e. The number of pyridine rings is 1. The van der Waals surface area contributed by atoms with Gasteiger partial charge in [0.25, 0.3) is 5.91 Å². The summed E-state index contributed by atoms with van der Waals surface area (Å²) in [7, 11) is 1.57. The number of hydrogen-bond acceptors (Lipinski definition) is 5. The summed E-state index contributed by atoms with van der Waals surface area (Å²) in [4.78, 5) is 21.0. The number of amides is 1. The molecule has 1 unspecified atom stereocenters. The van der Waals surface area contributed by atoms with Crippen LogP contribution in [0.2, 0.25) is 0 Å². The van der Waals surface area contributed by atoms with Crippen LogP contribution in [0, 0.1) is 0 Å². The van der Waals surface area contributed by atoms with Crippen LogP contribution in [-0.2, 0) is 4.74 Å². The summed E-state index contributed by atoms with van der Waals surface area (Å²) in [6.45, 7) is 4.60. The molecule has 6 heteroatoms. The molecule has 1 atom stereocenters. The number of carbonyl (C=O) groups is 1. The summed E-state index contributed by atoms with van der Waals surface area (Å²) in [5.41, 5.74) is 0.498. The molecule has 3 fully saturated rings. The number of likely N-dealkylation sites (tertiary alicyclic amines) is 2. The lowest BCUT2D eigenvalue weighted by Gasteiger charge is -2.47. The van der Waals surface area contributed by atoms with Crippen LogP contribution in [0.15, 0.2) is 18.3 Å². The SMILES string of the molecule is COc1ccc(C(=O)N2CC3(CC(N4CCCC4)CO3)C2)cn1. The first-order valence-electron chi connectivity index (χ1n) is 8.36. The predicted molar refractivity (Wildman–Crippen MR) is 84.6 cm³/mol. The van der Waals surface area contributed by atoms with Crippen molar-refractivity contribution in [3.05, 3.63) is 23.9 Å². The van der Waals surface area contributed by atoms with Crippen LogP contribution < -0.4 is 4.74 Å². The molecule has 0 aromatic carbocycles. The third-order valence-corrected chi connectivity index (χ3v) is 5.28. The van der Waals surface area contributed by atoms with E-state index >= 15 is 0 Å². The summed E-state index contributed by atoms with van der Waals surface area (Å²) in [6, 6.07) is 4.03. The lowest BCUT2D eigenvalue weighted by Crippen LogP contribution is -2.63. The largest absolute Gasteiger partial charge is 0.481 e. The third-order valence-electron chi connectivity index (χ3n) is 5.28. The summed E-state index contributed by atoms with van der Waals surface area (Å²) in [6.07, 6.45) is 5.24. The van der Waals surface area contributed by atoms with Crippen molar-refractivity contribution in [3.8, 4) is 5.88 Å². The number of methoxy groups -OCH3 is 1. The molecule has 3 aliphatic rings. The average Bonchev–Trinajstić information content (AvgIpc) is 3.22. The van der Waals surface area contributed by atoms with E-state index in [0.717, 1.165) is 13.0 Å². The number of carbonyl (C=O) groups excluding carboxylic acids is 1. The van der Waals surface area contributed by atoms with Gasteiger partial charge in [0.1, 0.15) is 5.60 Å². The molecule has 6 nitrogen and oxygen atoms in total. The number of nitrogens with zero attached hydrogens (tertiary/aromatic N) is 3. The Labute approximate surface area is 136 Å². The van der Waals surface area contributed by atoms with E-state index in [1.165, 1.54) is 25.9 Å². The van der Waals surface area contributed by atoms with Crippen LogP contribution in [0.25, 0.3) is 0 Å². The van der Waals surface area contributed by atoms with Crippen molar-refractivity contribution in [2.45, 2.75) is 30.9 Å². The van der Waals surface area contributed by atoms with Crippen molar-refractivity contribution in [1.82, 2.24) is 14.8 Å². The fourth-order valence-corrected chi connectivity index (χ4v) is 3.98. The van der Waals surface area contributed by atoms with Gasteiger partial charge in [0, 0.05) is 18.3 Å². The van der Waals surface area contributed by atoms with E-state index in [1.807, 2.05) is 4.90 Å². The smallest absolute Gasteiger partial charge is 0.255 e. The van der Waals surface area contributed by atoms with E-state index in [4.69, 9.17) is 9.47 Å². The zero-order valence-corrected chi connectivity index (χ0v) is 13.5. The molecule has 0 radical (unpaired) electrons. The molecule has 1 amide bonds. The molecule has 23 heavy (non-hydrogen) atoms. The van der Waals surface area contributed by atoms with Crippen LogP contribution in [0.4, 0.5) is 0 Å². The molecular formula is C17H23N3O3. The fourth-order valence-electron chi connectivity index (χ4n) is 3.98. The highest BCUT2D eigenvalue weighted by Crippen LogP contribution is 2.38. The van der Waals surface area contributed by atoms with Crippen molar-refractivity contribution in [2.75, 3.05) is 39.9 Å². The quantitative estimate of drug-likeness (QED) is 0.838. The maximum absolute atomic E-state index is 12.5. The molecular weight excluding hydrogens is 294 g/mol. The lowest BCUT2D eigenvalue weighted by molar-refractivity contribution is -0.0950. The molecule has 1 aromatic heterocycles. The highest BCUT2D eigenvalue weighted by atomic mass is 16.5. The molecule has 4 heterocycles. The van der Waals surface area contributed by atoms with Crippen LogP contribution in [0.3, 0.4) is 0 Å². The summed E-state index contributed by atoms with van der Waals surface area (Å²) >= 11 is 0. The van der Waals surface area contributed by atoms with E-state index in [-0.39, 0.29) is 11.5 Å². The van der Waals surface area contributed by atoms with Gasteiger partial charge in [-0.25, -0.2) is 4.98 Å². The van der Waals surface area contributed by atoms with E-state index in [0.29, 0.717) is 30.6 Å². The third kappa shape index (κ3) is 2.70. The number of rotatable bonds is 3. The minimum atomic E-state index is -0.108. The summed E-state index contributed by atoms with van der Waals surface area (Å²) < 4.78 is 11.1. The Kier molecular flexibility index (Phi) is 3.73. The normalized spacial score (nSPS) is 26.5. The molecule has 0 bridgehead atoms. The van der Waals surface area contributed by atoms with Gasteiger partial charge in [0.15, 0.2) is 0 Å². The van der Waals surface area contributed by atoms with Crippen molar-refractivity contribution < 1.29 is 14.3 Å². The van der Waals surface area contributed by atoms with Gasteiger partial charge in [-0.15, -0.1) is 0 Å². The van der Waals surface area contributed by atoms with Gasteiger partial charge in [-0.3, -0.25) is 9.69 Å². The molecule has 0 saturated carbocycles. The Balaban J connectivity index is 1.34. The highest BCUT2D eigenvalue weighted by molar-refractivity contribution is 5.94. The summed E-state index contributed by atoms with van der Waals surface area (Å²) in [5, 5.41) is 0. The maximum Gasteiger partial charge on any atom is 0.255 e. The van der Waals surface area contributed by atoms with Gasteiger partial charge in [-0.1, -0.05) is 0 Å². The van der Waals surface area contributed by atoms with Crippen LogP contribution >= 0.6 is 0 Å². The van der Waals surface area contributed by atoms with E-state index in [9.17, 15) is 4.79 Å². The second kappa shape index (κ2) is 5.76. The first-order chi connectivity index (χ1) is 11.2. The molecule has 0 N–H and O–H groups in total. The Hall–Kier alpha value is -1.66. The Morgan fingerprint density at radius 2 is 2.13 bits per heavy atom. The number of hydrogen-bond donors (Lipinski definition) is 0. The average molecular weight is 317 g/mol. The van der Waals surface area contributed by atoms with Gasteiger partial charge < -0.3 is 14.4 Å². The highest BCUT2D eigenvalue weighted by Gasteiger charge is 2.52. The van der Waals surface area contributed by atoms with E-state index < -0.39 is 0 Å². The van der Waals surface area contributed by atoms with Gasteiger partial charge in [0.05, 0.1) is 32.4 Å². The van der Waals surface area contributed by atoms with E-state index in [1.54, 1.807) is 25.4 Å². The van der Waals surface area contributed by atoms with Gasteiger partial charge in [0.2, 0.25) is 5.88 Å². The van der Waals surface area contributed by atoms with Crippen LogP contribution in [-0.4, -0.2) is 72.2 Å². The molecule has 124 valence electrons. The molecule has 3 saturated heterocycles. The zero-order valence-electron chi connectivity index (χ0n) is 13.5. The predicted octanol–water partition coefficient (Wildman–Crippen LogP) is 1.17. The van der Waals surface area contributed by atoms with E-state index in [2.05, 4.69) is 9.88 Å². The molecule has 1 aromatic rings. The Bertz CT molecular complexity index is 577. The topological polar surface area (TPSA) is 54.9 Å². The molecule has 3 aliphatic heterocycles. The monoisotopic (exact) mass is 317 g/mol. The molecule has 0 aliphatic carbocycles. The van der Waals surface area contributed by atoms with Crippen molar-refractivity contribution in [3.63, 3.8) is 0 Å². The van der Waals surface area contributed by atoms with Crippen LogP contribution in [0.1, 0.15) is 29.6 Å². The van der Waals surface area contributed by atoms with Crippen molar-refractivity contribution in [2.24, 2.45) is 0 Å². The molecule has 4 rings (SSSR count). The van der Waals surface area contributed by atoms with Crippen molar-refractivity contribution >= 4 is 5.91 Å². The maximum atomic E-state index is 12.5. The lowest BCUT2D eigenvalue weighted by atomic mass is 9.88. The second-order valence-electron chi connectivity index (χ2n) is 6.85. The standard InChI is InChI=1S/C17H23N3O3/c1-22-15-5-4-13(9-18-15)16(21)20-11-17(12-20)8-14(10-23-17)19-6-2-3-7-19/h4-5,9,14H,2-3,6-8,10-12H2,1H3. The zero-order chi connectivity index (χ0) is 15.9. The Morgan fingerprint density at radius 3 is 2.78 bits per heavy atom.